The molecule has 0 saturated carbocycles. The number of rotatable bonds is 7. The second-order valence-corrected chi connectivity index (χ2v) is 14.9. The number of benzene rings is 4. The second kappa shape index (κ2) is 18.2. The second-order valence-electron chi connectivity index (χ2n) is 12.8. The van der Waals surface area contributed by atoms with Crippen molar-refractivity contribution in [2.75, 3.05) is 7.11 Å². The van der Waals surface area contributed by atoms with Gasteiger partial charge in [0.2, 0.25) is 11.8 Å². The molecule has 0 aromatic heterocycles. The number of phenols is 1. The van der Waals surface area contributed by atoms with Gasteiger partial charge in [-0.1, -0.05) is 73.8 Å². The summed E-state index contributed by atoms with van der Waals surface area (Å²) in [5.41, 5.74) is 4.91. The number of hydrogen-bond donors (Lipinski definition) is 1. The van der Waals surface area contributed by atoms with E-state index in [4.69, 9.17) is 16.3 Å². The van der Waals surface area contributed by atoms with Crippen LogP contribution < -0.4 is 4.74 Å². The molecule has 12 heteroatoms. The number of ketones is 1. The zero-order chi connectivity index (χ0) is 39.1. The van der Waals surface area contributed by atoms with Crippen LogP contribution in [0, 0.1) is 18.6 Å². The molecule has 2 atom stereocenters. The highest BCUT2D eigenvalue weighted by molar-refractivity contribution is 9.10. The van der Waals surface area contributed by atoms with E-state index in [2.05, 4.69) is 31.9 Å². The Labute approximate surface area is 334 Å². The van der Waals surface area contributed by atoms with Crippen molar-refractivity contribution in [2.45, 2.75) is 51.6 Å². The van der Waals surface area contributed by atoms with Crippen LogP contribution in [-0.2, 0) is 27.2 Å². The van der Waals surface area contributed by atoms with Crippen LogP contribution in [0.25, 0.3) is 0 Å². The van der Waals surface area contributed by atoms with Crippen molar-refractivity contribution in [2.24, 2.45) is 0 Å². The molecule has 0 radical (unpaired) electrons. The predicted octanol–water partition coefficient (Wildman–Crippen LogP) is 10.4. The fourth-order valence-electron chi connectivity index (χ4n) is 6.16. The number of carbonyl (C=O) groups excluding carboxylic acids is 3. The van der Waals surface area contributed by atoms with Gasteiger partial charge in [0.15, 0.2) is 5.78 Å². The molecule has 2 aliphatic rings. The Morgan fingerprint density at radius 1 is 0.833 bits per heavy atom. The number of aromatic hydroxyl groups is 1. The van der Waals surface area contributed by atoms with Gasteiger partial charge in [0.05, 0.1) is 37.1 Å². The maximum Gasteiger partial charge on any atom is 0.231 e. The number of hydrogen-bond acceptors (Lipinski definition) is 5. The standard InChI is InChI=1S/C22H21BrFNO2.C20H16BrClFNO3/c1-3-15-8-9-25(20(11-15)16-4-6-18(24)7-5-16)22(27)13-17-12-21(26)14(2)10-19(17)23;1-27-19-8-13(16(21)11-17(19)22)9-20(26)24-7-6-15(25)10-18(24)12-2-4-14(23)5-3-12/h3-10,12,20,26H,11,13H2,1-2H3;2-8,11,18H,9-10H2,1H3/b15-3+;. The lowest BCUT2D eigenvalue weighted by molar-refractivity contribution is -0.132. The molecule has 1 N–H and O–H groups in total. The van der Waals surface area contributed by atoms with Crippen molar-refractivity contribution in [3.63, 3.8) is 0 Å². The summed E-state index contributed by atoms with van der Waals surface area (Å²) in [6.07, 6.45) is 9.68. The number of nitrogens with zero attached hydrogens (tertiary/aromatic N) is 2. The van der Waals surface area contributed by atoms with Crippen molar-refractivity contribution >= 4 is 61.1 Å². The van der Waals surface area contributed by atoms with Crippen LogP contribution in [0.15, 0.2) is 118 Å². The van der Waals surface area contributed by atoms with Crippen LogP contribution >= 0.6 is 43.5 Å². The van der Waals surface area contributed by atoms with Gasteiger partial charge in [-0.25, -0.2) is 8.78 Å². The normalized spacial score (nSPS) is 17.3. The smallest absolute Gasteiger partial charge is 0.231 e. The molecule has 2 heterocycles. The summed E-state index contributed by atoms with van der Waals surface area (Å²) in [6.45, 7) is 3.77. The summed E-state index contributed by atoms with van der Waals surface area (Å²) in [6, 6.07) is 18.3. The van der Waals surface area contributed by atoms with E-state index in [1.807, 2.05) is 26.0 Å². The minimum atomic E-state index is -0.469. The Morgan fingerprint density at radius 3 is 1.87 bits per heavy atom. The molecule has 0 spiro atoms. The molecule has 0 bridgehead atoms. The van der Waals surface area contributed by atoms with Gasteiger partial charge in [-0.05, 0) is 114 Å². The summed E-state index contributed by atoms with van der Waals surface area (Å²) >= 11 is 13.0. The van der Waals surface area contributed by atoms with Crippen molar-refractivity contribution in [3.05, 3.63) is 162 Å². The molecule has 7 nitrogen and oxygen atoms in total. The molecule has 4 aromatic carbocycles. The fourth-order valence-corrected chi connectivity index (χ4v) is 7.61. The van der Waals surface area contributed by atoms with Gasteiger partial charge in [0, 0.05) is 27.8 Å². The monoisotopic (exact) mass is 880 g/mol. The van der Waals surface area contributed by atoms with Gasteiger partial charge in [-0.15, -0.1) is 0 Å². The fraction of sp³-hybridized carbons (Fsp3) is 0.214. The van der Waals surface area contributed by atoms with E-state index in [9.17, 15) is 28.3 Å². The lowest BCUT2D eigenvalue weighted by atomic mass is 9.94. The number of aryl methyl sites for hydroxylation is 1. The molecule has 2 unspecified atom stereocenters. The van der Waals surface area contributed by atoms with Crippen molar-refractivity contribution in [1.82, 2.24) is 9.80 Å². The van der Waals surface area contributed by atoms with Crippen molar-refractivity contribution in [3.8, 4) is 11.5 Å². The molecule has 280 valence electrons. The van der Waals surface area contributed by atoms with Gasteiger partial charge in [-0.2, -0.15) is 0 Å². The number of carbonyl (C=O) groups is 3. The topological polar surface area (TPSA) is 87.2 Å². The average molecular weight is 883 g/mol. The molecule has 0 saturated heterocycles. The third kappa shape index (κ3) is 9.93. The van der Waals surface area contributed by atoms with Crippen LogP contribution in [0.3, 0.4) is 0 Å². The Morgan fingerprint density at radius 2 is 1.33 bits per heavy atom. The maximum atomic E-state index is 13.3. The summed E-state index contributed by atoms with van der Waals surface area (Å²) < 4.78 is 33.2. The highest BCUT2D eigenvalue weighted by Crippen LogP contribution is 2.36. The predicted molar refractivity (Wildman–Crippen MR) is 212 cm³/mol. The first-order chi connectivity index (χ1) is 25.8. The molecule has 0 fully saturated rings. The Kier molecular flexibility index (Phi) is 13.7. The van der Waals surface area contributed by atoms with Crippen molar-refractivity contribution < 1.29 is 33.0 Å². The zero-order valence-electron chi connectivity index (χ0n) is 29.7. The summed E-state index contributed by atoms with van der Waals surface area (Å²) in [5, 5.41) is 10.4. The van der Waals surface area contributed by atoms with Crippen LogP contribution in [0.4, 0.5) is 8.78 Å². The molecule has 0 aliphatic carbocycles. The number of halogens is 5. The van der Waals surface area contributed by atoms with E-state index < -0.39 is 6.04 Å². The Balaban J connectivity index is 0.000000208. The number of ether oxygens (including phenoxy) is 1. The number of allylic oxidation sites excluding steroid dienone is 3. The third-order valence-corrected chi connectivity index (χ3v) is 11.0. The van der Waals surface area contributed by atoms with E-state index in [0.29, 0.717) is 32.8 Å². The molecular weight excluding hydrogens is 846 g/mol. The molecule has 2 amide bonds. The van der Waals surface area contributed by atoms with E-state index >= 15 is 0 Å². The van der Waals surface area contributed by atoms with E-state index in [-0.39, 0.29) is 60.3 Å². The maximum absolute atomic E-state index is 13.3. The van der Waals surface area contributed by atoms with Crippen LogP contribution in [-0.4, -0.2) is 39.6 Å². The first kappa shape index (κ1) is 40.6. The van der Waals surface area contributed by atoms with Gasteiger partial charge in [-0.3, -0.25) is 14.4 Å². The highest BCUT2D eigenvalue weighted by atomic mass is 79.9. The Bertz CT molecular complexity index is 2140. The zero-order valence-corrected chi connectivity index (χ0v) is 33.6. The van der Waals surface area contributed by atoms with Gasteiger partial charge < -0.3 is 19.6 Å². The van der Waals surface area contributed by atoms with E-state index in [0.717, 1.165) is 26.7 Å². The first-order valence-electron chi connectivity index (χ1n) is 17.0. The SMILES string of the molecule is C/C=C1\C=CN(C(=O)Cc2cc(O)c(C)cc2Br)C(c2ccc(F)cc2)C1.COc1cc(CC(=O)N2C=CC(=O)CC2c2ccc(F)cc2)c(Br)cc1Cl. The number of amides is 2. The minimum absolute atomic E-state index is 0.0808. The quantitative estimate of drug-likeness (QED) is 0.200. The largest absolute Gasteiger partial charge is 0.508 e. The summed E-state index contributed by atoms with van der Waals surface area (Å²) in [5.74, 6) is -0.385. The summed E-state index contributed by atoms with van der Waals surface area (Å²) in [4.78, 5) is 41.1. The van der Waals surface area contributed by atoms with Gasteiger partial charge in [0.25, 0.3) is 0 Å². The first-order valence-corrected chi connectivity index (χ1v) is 18.9. The number of methoxy groups -OCH3 is 1. The van der Waals surface area contributed by atoms with Crippen LogP contribution in [0.2, 0.25) is 5.02 Å². The van der Waals surface area contributed by atoms with Gasteiger partial charge in [0.1, 0.15) is 23.1 Å². The van der Waals surface area contributed by atoms with Crippen LogP contribution in [0.1, 0.15) is 59.7 Å². The molecule has 4 aromatic rings. The lowest BCUT2D eigenvalue weighted by Gasteiger charge is -2.33. The third-order valence-electron chi connectivity index (χ3n) is 9.19. The van der Waals surface area contributed by atoms with Crippen LogP contribution in [0.5, 0.6) is 11.5 Å². The minimum Gasteiger partial charge on any atom is -0.508 e. The molecule has 6 rings (SSSR count). The van der Waals surface area contributed by atoms with E-state index in [1.54, 1.807) is 59.6 Å². The van der Waals surface area contributed by atoms with E-state index in [1.165, 1.54) is 48.6 Å². The van der Waals surface area contributed by atoms with Gasteiger partial charge >= 0.3 is 0 Å². The summed E-state index contributed by atoms with van der Waals surface area (Å²) in [7, 11) is 1.50. The molecule has 2 aliphatic heterocycles. The highest BCUT2D eigenvalue weighted by Gasteiger charge is 2.30. The molecular formula is C42H37Br2ClF2N2O5. The average Bonchev–Trinajstić information content (AvgIpc) is 3.15. The van der Waals surface area contributed by atoms with Crippen molar-refractivity contribution in [1.29, 1.82) is 0 Å². The molecule has 54 heavy (non-hydrogen) atoms. The Hall–Kier alpha value is -4.58. The number of phenolic OH excluding ortho intramolecular Hbond substituents is 1. The lowest BCUT2D eigenvalue weighted by Crippen LogP contribution is -2.35.